The van der Waals surface area contributed by atoms with Gasteiger partial charge in [-0.05, 0) is 31.0 Å². The summed E-state index contributed by atoms with van der Waals surface area (Å²) < 4.78 is 10.8. The van der Waals surface area contributed by atoms with Gasteiger partial charge in [0.05, 0.1) is 14.2 Å². The summed E-state index contributed by atoms with van der Waals surface area (Å²) in [5.41, 5.74) is 8.19. The normalized spacial score (nSPS) is 20.1. The number of hydrogen-bond acceptors (Lipinski definition) is 4. The number of likely N-dealkylation sites (tertiary alicyclic amines) is 1. The minimum absolute atomic E-state index is 0.309. The molecule has 1 aromatic carbocycles. The molecule has 0 aromatic heterocycles. The number of rotatable bonds is 4. The SMILES string of the molecule is COc1cc(CN2CCC(N)C2)c(OC)cc1C. The molecule has 1 fully saturated rings. The van der Waals surface area contributed by atoms with Gasteiger partial charge in [-0.1, -0.05) is 0 Å². The van der Waals surface area contributed by atoms with E-state index in [-0.39, 0.29) is 0 Å². The van der Waals surface area contributed by atoms with Crippen LogP contribution in [0.2, 0.25) is 0 Å². The lowest BCUT2D eigenvalue weighted by Gasteiger charge is -2.19. The van der Waals surface area contributed by atoms with Crippen LogP contribution in [0.15, 0.2) is 12.1 Å². The number of hydrogen-bond donors (Lipinski definition) is 1. The fourth-order valence-corrected chi connectivity index (χ4v) is 2.48. The molecule has 1 saturated heterocycles. The fraction of sp³-hybridized carbons (Fsp3) is 0.571. The van der Waals surface area contributed by atoms with Gasteiger partial charge in [-0.25, -0.2) is 0 Å². The van der Waals surface area contributed by atoms with Crippen LogP contribution in [0.3, 0.4) is 0 Å². The summed E-state index contributed by atoms with van der Waals surface area (Å²) >= 11 is 0. The third-order valence-electron chi connectivity index (χ3n) is 3.50. The molecule has 4 nitrogen and oxygen atoms in total. The summed E-state index contributed by atoms with van der Waals surface area (Å²) in [5, 5.41) is 0. The van der Waals surface area contributed by atoms with Crippen molar-refractivity contribution in [3.63, 3.8) is 0 Å². The zero-order valence-electron chi connectivity index (χ0n) is 11.4. The van der Waals surface area contributed by atoms with Crippen LogP contribution in [0.1, 0.15) is 17.5 Å². The zero-order valence-corrected chi connectivity index (χ0v) is 11.4. The Morgan fingerprint density at radius 1 is 1.28 bits per heavy atom. The maximum atomic E-state index is 5.93. The van der Waals surface area contributed by atoms with Crippen molar-refractivity contribution in [2.75, 3.05) is 27.3 Å². The van der Waals surface area contributed by atoms with Gasteiger partial charge in [-0.3, -0.25) is 4.90 Å². The highest BCUT2D eigenvalue weighted by molar-refractivity contribution is 5.45. The van der Waals surface area contributed by atoms with Crippen molar-refractivity contribution in [2.45, 2.75) is 25.9 Å². The van der Waals surface area contributed by atoms with Crippen molar-refractivity contribution in [1.82, 2.24) is 4.90 Å². The first kappa shape index (κ1) is 13.2. The van der Waals surface area contributed by atoms with Crippen LogP contribution in [0, 0.1) is 6.92 Å². The Balaban J connectivity index is 2.20. The van der Waals surface area contributed by atoms with Crippen LogP contribution in [-0.4, -0.2) is 38.3 Å². The first-order valence-electron chi connectivity index (χ1n) is 6.33. The average Bonchev–Trinajstić information content (AvgIpc) is 2.76. The molecule has 0 aliphatic carbocycles. The quantitative estimate of drug-likeness (QED) is 0.880. The lowest BCUT2D eigenvalue weighted by Crippen LogP contribution is -2.26. The number of nitrogens with two attached hydrogens (primary N) is 1. The lowest BCUT2D eigenvalue weighted by atomic mass is 10.1. The second-order valence-electron chi connectivity index (χ2n) is 4.92. The Kier molecular flexibility index (Phi) is 4.09. The van der Waals surface area contributed by atoms with Crippen molar-refractivity contribution in [2.24, 2.45) is 5.73 Å². The van der Waals surface area contributed by atoms with E-state index in [1.807, 2.05) is 13.0 Å². The Labute approximate surface area is 109 Å². The van der Waals surface area contributed by atoms with E-state index in [0.717, 1.165) is 48.7 Å². The van der Waals surface area contributed by atoms with Gasteiger partial charge in [0, 0.05) is 31.2 Å². The monoisotopic (exact) mass is 250 g/mol. The second kappa shape index (κ2) is 5.59. The molecule has 0 bridgehead atoms. The molecule has 0 amide bonds. The number of benzene rings is 1. The molecule has 2 N–H and O–H groups in total. The van der Waals surface area contributed by atoms with E-state index in [0.29, 0.717) is 6.04 Å². The van der Waals surface area contributed by atoms with E-state index in [1.54, 1.807) is 14.2 Å². The van der Waals surface area contributed by atoms with E-state index in [2.05, 4.69) is 11.0 Å². The van der Waals surface area contributed by atoms with Gasteiger partial charge in [-0.2, -0.15) is 0 Å². The average molecular weight is 250 g/mol. The molecule has 18 heavy (non-hydrogen) atoms. The molecule has 1 atom stereocenters. The molecular formula is C14H22N2O2. The highest BCUT2D eigenvalue weighted by atomic mass is 16.5. The van der Waals surface area contributed by atoms with Crippen molar-refractivity contribution < 1.29 is 9.47 Å². The van der Waals surface area contributed by atoms with Crippen molar-refractivity contribution in [3.05, 3.63) is 23.3 Å². The van der Waals surface area contributed by atoms with Crippen molar-refractivity contribution in [3.8, 4) is 11.5 Å². The minimum Gasteiger partial charge on any atom is -0.496 e. The van der Waals surface area contributed by atoms with Gasteiger partial charge < -0.3 is 15.2 Å². The number of aryl methyl sites for hydroxylation is 1. The maximum absolute atomic E-state index is 5.93. The first-order chi connectivity index (χ1) is 8.63. The summed E-state index contributed by atoms with van der Waals surface area (Å²) in [6, 6.07) is 4.41. The summed E-state index contributed by atoms with van der Waals surface area (Å²) in [6.45, 7) is 4.91. The predicted molar refractivity (Wildman–Crippen MR) is 72.2 cm³/mol. The Morgan fingerprint density at radius 2 is 2.00 bits per heavy atom. The zero-order chi connectivity index (χ0) is 13.1. The molecule has 100 valence electrons. The molecule has 0 spiro atoms. The molecule has 4 heteroatoms. The molecule has 0 radical (unpaired) electrons. The van der Waals surface area contributed by atoms with Gasteiger partial charge in [0.15, 0.2) is 0 Å². The molecule has 1 aromatic rings. The summed E-state index contributed by atoms with van der Waals surface area (Å²) in [6.07, 6.45) is 1.07. The fourth-order valence-electron chi connectivity index (χ4n) is 2.48. The molecule has 0 saturated carbocycles. The van der Waals surface area contributed by atoms with E-state index in [4.69, 9.17) is 15.2 Å². The number of nitrogens with zero attached hydrogens (tertiary/aromatic N) is 1. The first-order valence-corrected chi connectivity index (χ1v) is 6.33. The van der Waals surface area contributed by atoms with E-state index in [1.165, 1.54) is 0 Å². The van der Waals surface area contributed by atoms with E-state index >= 15 is 0 Å². The molecule has 1 unspecified atom stereocenters. The second-order valence-corrected chi connectivity index (χ2v) is 4.92. The summed E-state index contributed by atoms with van der Waals surface area (Å²) in [5.74, 6) is 1.84. The Morgan fingerprint density at radius 3 is 2.56 bits per heavy atom. The largest absolute Gasteiger partial charge is 0.496 e. The van der Waals surface area contributed by atoms with Crippen molar-refractivity contribution >= 4 is 0 Å². The number of methoxy groups -OCH3 is 2. The van der Waals surface area contributed by atoms with Crippen LogP contribution >= 0.6 is 0 Å². The van der Waals surface area contributed by atoms with Gasteiger partial charge in [-0.15, -0.1) is 0 Å². The van der Waals surface area contributed by atoms with Gasteiger partial charge in [0.2, 0.25) is 0 Å². The molecule has 1 heterocycles. The minimum atomic E-state index is 0.309. The van der Waals surface area contributed by atoms with E-state index < -0.39 is 0 Å². The Bertz CT molecular complexity index is 421. The lowest BCUT2D eigenvalue weighted by molar-refractivity contribution is 0.315. The van der Waals surface area contributed by atoms with Gasteiger partial charge in [0.1, 0.15) is 11.5 Å². The van der Waals surface area contributed by atoms with Crippen LogP contribution in [0.4, 0.5) is 0 Å². The topological polar surface area (TPSA) is 47.7 Å². The molecule has 1 aliphatic rings. The third kappa shape index (κ3) is 2.76. The third-order valence-corrected chi connectivity index (χ3v) is 3.50. The van der Waals surface area contributed by atoms with Crippen LogP contribution in [-0.2, 0) is 6.54 Å². The smallest absolute Gasteiger partial charge is 0.123 e. The van der Waals surface area contributed by atoms with Crippen LogP contribution in [0.5, 0.6) is 11.5 Å². The predicted octanol–water partition coefficient (Wildman–Crippen LogP) is 1.55. The number of ether oxygens (including phenoxy) is 2. The maximum Gasteiger partial charge on any atom is 0.123 e. The highest BCUT2D eigenvalue weighted by Crippen LogP contribution is 2.29. The molecule has 1 aliphatic heterocycles. The van der Waals surface area contributed by atoms with Crippen LogP contribution in [0.25, 0.3) is 0 Å². The standard InChI is InChI=1S/C14H22N2O2/c1-10-6-14(18-3)11(7-13(10)17-2)8-16-5-4-12(15)9-16/h6-7,12H,4-5,8-9,15H2,1-3H3. The molecule has 2 rings (SSSR count). The van der Waals surface area contributed by atoms with E-state index in [9.17, 15) is 0 Å². The molecular weight excluding hydrogens is 228 g/mol. The summed E-state index contributed by atoms with van der Waals surface area (Å²) in [4.78, 5) is 2.36. The Hall–Kier alpha value is -1.26. The van der Waals surface area contributed by atoms with Crippen molar-refractivity contribution in [1.29, 1.82) is 0 Å². The highest BCUT2D eigenvalue weighted by Gasteiger charge is 2.20. The van der Waals surface area contributed by atoms with Crippen LogP contribution < -0.4 is 15.2 Å². The van der Waals surface area contributed by atoms with Gasteiger partial charge in [0.25, 0.3) is 0 Å². The van der Waals surface area contributed by atoms with Gasteiger partial charge >= 0.3 is 0 Å². The summed E-state index contributed by atoms with van der Waals surface area (Å²) in [7, 11) is 3.41.